The lowest BCUT2D eigenvalue weighted by atomic mass is 10.2. The van der Waals surface area contributed by atoms with Gasteiger partial charge in [0.25, 0.3) is 0 Å². The largest absolute Gasteiger partial charge is 0.310 e. The highest BCUT2D eigenvalue weighted by atomic mass is 32.2. The molecule has 0 aromatic carbocycles. The zero-order valence-corrected chi connectivity index (χ0v) is 11.4. The first-order valence-corrected chi connectivity index (χ1v) is 7.52. The summed E-state index contributed by atoms with van der Waals surface area (Å²) in [7, 11) is 0. The van der Waals surface area contributed by atoms with Gasteiger partial charge in [-0.15, -0.1) is 0 Å². The van der Waals surface area contributed by atoms with Crippen LogP contribution < -0.4 is 5.32 Å². The molecule has 3 heteroatoms. The van der Waals surface area contributed by atoms with Gasteiger partial charge in [-0.3, -0.25) is 4.90 Å². The molecule has 0 bridgehead atoms. The Labute approximate surface area is 99.2 Å². The van der Waals surface area contributed by atoms with Gasteiger partial charge < -0.3 is 5.32 Å². The van der Waals surface area contributed by atoms with Gasteiger partial charge in [0.05, 0.1) is 0 Å². The number of rotatable bonds is 6. The number of hydrogen-bond acceptors (Lipinski definition) is 3. The van der Waals surface area contributed by atoms with E-state index in [9.17, 15) is 0 Å². The number of nitrogens with zero attached hydrogens (tertiary/aromatic N) is 1. The van der Waals surface area contributed by atoms with Crippen LogP contribution in [-0.4, -0.2) is 48.1 Å². The number of hydrogen-bond donors (Lipinski definition) is 1. The molecular weight excluding hydrogens is 204 g/mol. The molecule has 0 spiro atoms. The van der Waals surface area contributed by atoms with Crippen molar-refractivity contribution < 1.29 is 0 Å². The highest BCUT2D eigenvalue weighted by Gasteiger charge is 2.24. The molecule has 90 valence electrons. The molecule has 1 aliphatic heterocycles. The third-order valence-corrected chi connectivity index (χ3v) is 3.87. The average Bonchev–Trinajstić information content (AvgIpc) is 2.63. The van der Waals surface area contributed by atoms with Crippen molar-refractivity contribution in [3.8, 4) is 0 Å². The molecule has 0 aromatic rings. The third kappa shape index (κ3) is 4.75. The molecule has 2 unspecified atom stereocenters. The Morgan fingerprint density at radius 2 is 2.13 bits per heavy atom. The van der Waals surface area contributed by atoms with Gasteiger partial charge in [0, 0.05) is 24.7 Å². The van der Waals surface area contributed by atoms with Gasteiger partial charge in [0.2, 0.25) is 0 Å². The monoisotopic (exact) mass is 230 g/mol. The topological polar surface area (TPSA) is 15.3 Å². The van der Waals surface area contributed by atoms with Crippen LogP contribution in [0.2, 0.25) is 0 Å². The van der Waals surface area contributed by atoms with Crippen molar-refractivity contribution in [2.75, 3.05) is 25.1 Å². The fourth-order valence-electron chi connectivity index (χ4n) is 2.17. The minimum atomic E-state index is 0.676. The summed E-state index contributed by atoms with van der Waals surface area (Å²) in [5, 5.41) is 3.74. The Morgan fingerprint density at radius 3 is 2.67 bits per heavy atom. The maximum atomic E-state index is 3.74. The molecule has 0 amide bonds. The maximum Gasteiger partial charge on any atom is 0.0209 e. The van der Waals surface area contributed by atoms with Gasteiger partial charge in [0.15, 0.2) is 0 Å². The molecule has 1 heterocycles. The van der Waals surface area contributed by atoms with E-state index in [0.29, 0.717) is 12.1 Å². The molecule has 2 atom stereocenters. The van der Waals surface area contributed by atoms with Gasteiger partial charge in [-0.25, -0.2) is 0 Å². The summed E-state index contributed by atoms with van der Waals surface area (Å²) in [5.74, 6) is 1.27. The van der Waals surface area contributed by atoms with Crippen molar-refractivity contribution in [3.05, 3.63) is 0 Å². The van der Waals surface area contributed by atoms with Crippen LogP contribution in [0.3, 0.4) is 0 Å². The Morgan fingerprint density at radius 1 is 1.40 bits per heavy atom. The lowest BCUT2D eigenvalue weighted by molar-refractivity contribution is 0.265. The summed E-state index contributed by atoms with van der Waals surface area (Å²) in [5.41, 5.74) is 0. The minimum absolute atomic E-state index is 0.676. The van der Waals surface area contributed by atoms with Crippen molar-refractivity contribution in [3.63, 3.8) is 0 Å². The Hall–Kier alpha value is 0.270. The van der Waals surface area contributed by atoms with E-state index in [0.717, 1.165) is 6.04 Å². The lowest BCUT2D eigenvalue weighted by Crippen LogP contribution is -2.39. The SMILES string of the molecule is CSCCC(C)NC1CCN(C(C)C)C1. The fraction of sp³-hybridized carbons (Fsp3) is 1.00. The van der Waals surface area contributed by atoms with Gasteiger partial charge >= 0.3 is 0 Å². The summed E-state index contributed by atoms with van der Waals surface area (Å²) in [6, 6.07) is 2.11. The molecule has 1 fully saturated rings. The molecule has 0 saturated carbocycles. The van der Waals surface area contributed by atoms with E-state index >= 15 is 0 Å². The number of nitrogens with one attached hydrogen (secondary N) is 1. The lowest BCUT2D eigenvalue weighted by Gasteiger charge is -2.22. The van der Waals surface area contributed by atoms with Gasteiger partial charge in [-0.1, -0.05) is 0 Å². The Bertz CT molecular complexity index is 173. The van der Waals surface area contributed by atoms with Crippen LogP contribution >= 0.6 is 11.8 Å². The van der Waals surface area contributed by atoms with Gasteiger partial charge in [-0.05, 0) is 52.2 Å². The van der Waals surface area contributed by atoms with E-state index in [1.54, 1.807) is 0 Å². The van der Waals surface area contributed by atoms with Gasteiger partial charge in [-0.2, -0.15) is 11.8 Å². The van der Waals surface area contributed by atoms with Crippen LogP contribution in [0.15, 0.2) is 0 Å². The van der Waals surface area contributed by atoms with E-state index in [4.69, 9.17) is 0 Å². The van der Waals surface area contributed by atoms with Crippen molar-refractivity contribution in [2.24, 2.45) is 0 Å². The summed E-state index contributed by atoms with van der Waals surface area (Å²) in [6.07, 6.45) is 4.80. The first-order valence-electron chi connectivity index (χ1n) is 6.12. The molecule has 1 rings (SSSR count). The van der Waals surface area contributed by atoms with Gasteiger partial charge in [0.1, 0.15) is 0 Å². The average molecular weight is 230 g/mol. The third-order valence-electron chi connectivity index (χ3n) is 3.23. The zero-order valence-electron chi connectivity index (χ0n) is 10.6. The second-order valence-corrected chi connectivity index (χ2v) is 5.91. The van der Waals surface area contributed by atoms with E-state index in [2.05, 4.69) is 37.2 Å². The second kappa shape index (κ2) is 6.77. The minimum Gasteiger partial charge on any atom is -0.310 e. The van der Waals surface area contributed by atoms with Crippen LogP contribution in [-0.2, 0) is 0 Å². The summed E-state index contributed by atoms with van der Waals surface area (Å²) in [4.78, 5) is 2.57. The smallest absolute Gasteiger partial charge is 0.0209 e. The molecule has 0 radical (unpaired) electrons. The second-order valence-electron chi connectivity index (χ2n) is 4.92. The van der Waals surface area contributed by atoms with Crippen LogP contribution in [0.25, 0.3) is 0 Å². The number of likely N-dealkylation sites (tertiary alicyclic amines) is 1. The highest BCUT2D eigenvalue weighted by Crippen LogP contribution is 2.13. The molecule has 0 aliphatic carbocycles. The van der Waals surface area contributed by atoms with E-state index in [1.807, 2.05) is 11.8 Å². The predicted octanol–water partition coefficient (Wildman–Crippen LogP) is 2.20. The molecule has 1 N–H and O–H groups in total. The number of thioether (sulfide) groups is 1. The van der Waals surface area contributed by atoms with E-state index in [-0.39, 0.29) is 0 Å². The first-order chi connectivity index (χ1) is 7.13. The van der Waals surface area contributed by atoms with Crippen LogP contribution in [0.1, 0.15) is 33.6 Å². The molecule has 1 aliphatic rings. The molecule has 15 heavy (non-hydrogen) atoms. The van der Waals surface area contributed by atoms with Crippen LogP contribution in [0.4, 0.5) is 0 Å². The quantitative estimate of drug-likeness (QED) is 0.753. The van der Waals surface area contributed by atoms with Crippen molar-refractivity contribution in [1.82, 2.24) is 10.2 Å². The van der Waals surface area contributed by atoms with Crippen molar-refractivity contribution in [2.45, 2.75) is 51.7 Å². The van der Waals surface area contributed by atoms with Crippen LogP contribution in [0.5, 0.6) is 0 Å². The van der Waals surface area contributed by atoms with Crippen molar-refractivity contribution in [1.29, 1.82) is 0 Å². The molecule has 2 nitrogen and oxygen atoms in total. The first kappa shape index (κ1) is 13.3. The fourth-order valence-corrected chi connectivity index (χ4v) is 2.76. The molecular formula is C12H26N2S. The van der Waals surface area contributed by atoms with E-state index < -0.39 is 0 Å². The normalized spacial score (nSPS) is 25.0. The Kier molecular flexibility index (Phi) is 6.02. The highest BCUT2D eigenvalue weighted by molar-refractivity contribution is 7.98. The summed E-state index contributed by atoms with van der Waals surface area (Å²) < 4.78 is 0. The predicted molar refractivity (Wildman–Crippen MR) is 70.7 cm³/mol. The zero-order chi connectivity index (χ0) is 11.3. The standard InChI is InChI=1S/C12H26N2S/c1-10(2)14-7-5-12(9-14)13-11(3)6-8-15-4/h10-13H,5-9H2,1-4H3. The summed E-state index contributed by atoms with van der Waals surface area (Å²) in [6.45, 7) is 9.40. The van der Waals surface area contributed by atoms with Crippen LogP contribution in [0, 0.1) is 0 Å². The Balaban J connectivity index is 2.17. The molecule has 1 saturated heterocycles. The maximum absolute atomic E-state index is 3.74. The summed E-state index contributed by atoms with van der Waals surface area (Å²) >= 11 is 1.94. The van der Waals surface area contributed by atoms with E-state index in [1.165, 1.54) is 31.7 Å². The molecule has 0 aromatic heterocycles. The van der Waals surface area contributed by atoms with Crippen molar-refractivity contribution >= 4 is 11.8 Å².